The van der Waals surface area contributed by atoms with Gasteiger partial charge in [-0.2, -0.15) is 0 Å². The summed E-state index contributed by atoms with van der Waals surface area (Å²) >= 11 is 6.41. The highest BCUT2D eigenvalue weighted by molar-refractivity contribution is 9.10. The van der Waals surface area contributed by atoms with Crippen molar-refractivity contribution in [2.24, 2.45) is 0 Å². The summed E-state index contributed by atoms with van der Waals surface area (Å²) < 4.78 is 0.979. The Morgan fingerprint density at radius 1 is 1.14 bits per heavy atom. The van der Waals surface area contributed by atoms with Crippen LogP contribution in [-0.4, -0.2) is 10.9 Å². The number of nitrogens with one attached hydrogen (secondary N) is 1. The zero-order chi connectivity index (χ0) is 15.4. The molecule has 0 radical (unpaired) electrons. The topological polar surface area (TPSA) is 42.0 Å². The largest absolute Gasteiger partial charge is 0.298 e. The van der Waals surface area contributed by atoms with Crippen molar-refractivity contribution < 1.29 is 4.79 Å². The molecule has 6 heteroatoms. The van der Waals surface area contributed by atoms with Gasteiger partial charge in [0.25, 0.3) is 5.91 Å². The molecule has 22 heavy (non-hydrogen) atoms. The van der Waals surface area contributed by atoms with Gasteiger partial charge in [0, 0.05) is 26.5 Å². The molecule has 0 saturated carbocycles. The van der Waals surface area contributed by atoms with Gasteiger partial charge < -0.3 is 0 Å². The minimum atomic E-state index is -0.161. The Hall–Kier alpha value is -1.76. The van der Waals surface area contributed by atoms with E-state index in [2.05, 4.69) is 26.2 Å². The Morgan fingerprint density at radius 3 is 2.59 bits per heavy atom. The second kappa shape index (κ2) is 7.00. The minimum Gasteiger partial charge on any atom is -0.298 e. The SMILES string of the molecule is O=C(Nc1nccs1)C(=Cc1cccs1)c1ccc(Br)cc1. The first-order valence-corrected chi connectivity index (χ1v) is 8.99. The summed E-state index contributed by atoms with van der Waals surface area (Å²) in [5.74, 6) is -0.161. The maximum absolute atomic E-state index is 12.6. The highest BCUT2D eigenvalue weighted by Gasteiger charge is 2.14. The van der Waals surface area contributed by atoms with Crippen LogP contribution in [0.3, 0.4) is 0 Å². The van der Waals surface area contributed by atoms with Crippen LogP contribution in [0.2, 0.25) is 0 Å². The lowest BCUT2D eigenvalue weighted by Crippen LogP contribution is -2.13. The number of amides is 1. The number of aromatic nitrogens is 1. The van der Waals surface area contributed by atoms with Crippen molar-refractivity contribution >= 4 is 61.3 Å². The standard InChI is InChI=1S/C16H11BrN2OS2/c17-12-5-3-11(4-6-12)14(10-13-2-1-8-21-13)15(20)19-16-18-7-9-22-16/h1-10H,(H,18,19,20). The van der Waals surface area contributed by atoms with Crippen molar-refractivity contribution in [2.75, 3.05) is 5.32 Å². The van der Waals surface area contributed by atoms with E-state index in [4.69, 9.17) is 0 Å². The van der Waals surface area contributed by atoms with Gasteiger partial charge >= 0.3 is 0 Å². The second-order valence-corrected chi connectivity index (χ2v) is 7.16. The van der Waals surface area contributed by atoms with E-state index in [1.54, 1.807) is 17.5 Å². The van der Waals surface area contributed by atoms with Crippen LogP contribution in [0, 0.1) is 0 Å². The number of thiophene rings is 1. The van der Waals surface area contributed by atoms with Crippen molar-refractivity contribution in [3.05, 3.63) is 68.3 Å². The van der Waals surface area contributed by atoms with Crippen LogP contribution in [0.4, 0.5) is 5.13 Å². The van der Waals surface area contributed by atoms with Crippen LogP contribution in [0.5, 0.6) is 0 Å². The molecule has 1 amide bonds. The molecule has 0 atom stereocenters. The van der Waals surface area contributed by atoms with Crippen molar-refractivity contribution in [1.82, 2.24) is 4.98 Å². The van der Waals surface area contributed by atoms with E-state index in [1.165, 1.54) is 11.3 Å². The molecule has 1 aromatic carbocycles. The molecule has 0 spiro atoms. The molecule has 1 N–H and O–H groups in total. The molecule has 0 saturated heterocycles. The Morgan fingerprint density at radius 2 is 1.95 bits per heavy atom. The number of carbonyl (C=O) groups excluding carboxylic acids is 1. The number of hydrogen-bond donors (Lipinski definition) is 1. The van der Waals surface area contributed by atoms with Gasteiger partial charge in [0.05, 0.1) is 0 Å². The predicted molar refractivity (Wildman–Crippen MR) is 97.1 cm³/mol. The van der Waals surface area contributed by atoms with Crippen molar-refractivity contribution in [3.63, 3.8) is 0 Å². The predicted octanol–water partition coefficient (Wildman–Crippen LogP) is 5.15. The molecule has 0 bridgehead atoms. The molecule has 2 aromatic heterocycles. The van der Waals surface area contributed by atoms with Gasteiger partial charge in [-0.15, -0.1) is 22.7 Å². The summed E-state index contributed by atoms with van der Waals surface area (Å²) in [5, 5.41) is 7.26. The van der Waals surface area contributed by atoms with E-state index in [-0.39, 0.29) is 5.91 Å². The van der Waals surface area contributed by atoms with Gasteiger partial charge in [-0.3, -0.25) is 10.1 Å². The molecule has 3 aromatic rings. The van der Waals surface area contributed by atoms with Crippen molar-refractivity contribution in [1.29, 1.82) is 0 Å². The van der Waals surface area contributed by atoms with Gasteiger partial charge in [-0.25, -0.2) is 4.98 Å². The summed E-state index contributed by atoms with van der Waals surface area (Å²) in [6, 6.07) is 11.6. The number of benzene rings is 1. The smallest absolute Gasteiger partial charge is 0.258 e. The fourth-order valence-electron chi connectivity index (χ4n) is 1.87. The third kappa shape index (κ3) is 3.71. The fourth-order valence-corrected chi connectivity index (χ4v) is 3.32. The lowest BCUT2D eigenvalue weighted by molar-refractivity contribution is -0.111. The molecule has 0 aliphatic carbocycles. The van der Waals surface area contributed by atoms with E-state index in [1.807, 2.05) is 53.2 Å². The highest BCUT2D eigenvalue weighted by Crippen LogP contribution is 2.24. The quantitative estimate of drug-likeness (QED) is 0.626. The lowest BCUT2D eigenvalue weighted by atomic mass is 10.0. The molecular formula is C16H11BrN2OS2. The van der Waals surface area contributed by atoms with E-state index in [9.17, 15) is 4.79 Å². The summed E-state index contributed by atoms with van der Waals surface area (Å²) in [5.41, 5.74) is 1.48. The van der Waals surface area contributed by atoms with Gasteiger partial charge in [0.15, 0.2) is 5.13 Å². The first kappa shape index (κ1) is 15.1. The molecule has 0 aliphatic rings. The molecule has 3 nitrogen and oxygen atoms in total. The first-order chi connectivity index (χ1) is 10.7. The van der Waals surface area contributed by atoms with E-state index in [0.29, 0.717) is 10.7 Å². The number of hydrogen-bond acceptors (Lipinski definition) is 4. The lowest BCUT2D eigenvalue weighted by Gasteiger charge is -2.07. The molecular weight excluding hydrogens is 380 g/mol. The Labute approximate surface area is 144 Å². The third-order valence-corrected chi connectivity index (χ3v) is 4.92. The number of carbonyl (C=O) groups is 1. The molecule has 0 aliphatic heterocycles. The van der Waals surface area contributed by atoms with Crippen LogP contribution in [0.15, 0.2) is 57.8 Å². The van der Waals surface area contributed by atoms with E-state index in [0.717, 1.165) is 14.9 Å². The number of thiazole rings is 1. The number of nitrogens with zero attached hydrogens (tertiary/aromatic N) is 1. The summed E-state index contributed by atoms with van der Waals surface area (Å²) in [6.07, 6.45) is 3.57. The van der Waals surface area contributed by atoms with Crippen LogP contribution < -0.4 is 5.32 Å². The molecule has 110 valence electrons. The Bertz CT molecular complexity index is 778. The van der Waals surface area contributed by atoms with Crippen molar-refractivity contribution in [3.8, 4) is 0 Å². The van der Waals surface area contributed by atoms with Gasteiger partial charge in [-0.05, 0) is 35.2 Å². The maximum Gasteiger partial charge on any atom is 0.258 e. The molecule has 3 rings (SSSR count). The first-order valence-electron chi connectivity index (χ1n) is 6.44. The molecule has 0 fully saturated rings. The van der Waals surface area contributed by atoms with Crippen LogP contribution in [0.25, 0.3) is 11.6 Å². The maximum atomic E-state index is 12.6. The van der Waals surface area contributed by atoms with E-state index < -0.39 is 0 Å². The molecule has 2 heterocycles. The minimum absolute atomic E-state index is 0.161. The van der Waals surface area contributed by atoms with Crippen LogP contribution in [0.1, 0.15) is 10.4 Å². The zero-order valence-electron chi connectivity index (χ0n) is 11.3. The summed E-state index contributed by atoms with van der Waals surface area (Å²) in [7, 11) is 0. The molecule has 0 unspecified atom stereocenters. The Balaban J connectivity index is 1.95. The second-order valence-electron chi connectivity index (χ2n) is 4.37. The zero-order valence-corrected chi connectivity index (χ0v) is 14.5. The summed E-state index contributed by atoms with van der Waals surface area (Å²) in [6.45, 7) is 0. The van der Waals surface area contributed by atoms with Gasteiger partial charge in [-0.1, -0.05) is 34.1 Å². The summed E-state index contributed by atoms with van der Waals surface area (Å²) in [4.78, 5) is 17.7. The number of halogens is 1. The number of rotatable bonds is 4. The van der Waals surface area contributed by atoms with E-state index >= 15 is 0 Å². The van der Waals surface area contributed by atoms with Crippen molar-refractivity contribution in [2.45, 2.75) is 0 Å². The average Bonchev–Trinajstić information content (AvgIpc) is 3.19. The number of anilines is 1. The monoisotopic (exact) mass is 390 g/mol. The van der Waals surface area contributed by atoms with Crippen LogP contribution >= 0.6 is 38.6 Å². The highest BCUT2D eigenvalue weighted by atomic mass is 79.9. The third-order valence-electron chi connectivity index (χ3n) is 2.88. The fraction of sp³-hybridized carbons (Fsp3) is 0. The van der Waals surface area contributed by atoms with Gasteiger partial charge in [0.1, 0.15) is 0 Å². The van der Waals surface area contributed by atoms with Crippen LogP contribution in [-0.2, 0) is 4.79 Å². The van der Waals surface area contributed by atoms with Gasteiger partial charge in [0.2, 0.25) is 0 Å². The Kier molecular flexibility index (Phi) is 4.82. The average molecular weight is 391 g/mol. The normalized spacial score (nSPS) is 11.4.